The van der Waals surface area contributed by atoms with E-state index < -0.39 is 0 Å². The molecule has 96 valence electrons. The molecular weight excluding hydrogens is 230 g/mol. The molecule has 0 unspecified atom stereocenters. The van der Waals surface area contributed by atoms with Crippen LogP contribution in [0.2, 0.25) is 0 Å². The first-order valence-corrected chi connectivity index (χ1v) is 5.96. The Morgan fingerprint density at radius 2 is 2.22 bits per heavy atom. The lowest BCUT2D eigenvalue weighted by Gasteiger charge is -2.19. The summed E-state index contributed by atoms with van der Waals surface area (Å²) in [5.74, 6) is 0.456. The lowest BCUT2D eigenvalue weighted by Crippen LogP contribution is -2.27. The van der Waals surface area contributed by atoms with Gasteiger partial charge in [-0.05, 0) is 26.0 Å². The van der Waals surface area contributed by atoms with Crippen molar-refractivity contribution >= 4 is 11.7 Å². The highest BCUT2D eigenvalue weighted by Crippen LogP contribution is 2.09. The summed E-state index contributed by atoms with van der Waals surface area (Å²) in [4.78, 5) is 13.4. The number of nitriles is 1. The van der Waals surface area contributed by atoms with E-state index in [2.05, 4.69) is 21.6 Å². The molecule has 0 spiro atoms. The van der Waals surface area contributed by atoms with E-state index in [4.69, 9.17) is 5.26 Å². The van der Waals surface area contributed by atoms with Crippen molar-refractivity contribution < 1.29 is 4.79 Å². The second-order valence-electron chi connectivity index (χ2n) is 3.62. The molecule has 1 rings (SSSR count). The fourth-order valence-corrected chi connectivity index (χ4v) is 1.49. The molecular formula is C12H17N5O. The monoisotopic (exact) mass is 247 g/mol. The molecule has 0 aliphatic heterocycles. The molecule has 0 radical (unpaired) electrons. The van der Waals surface area contributed by atoms with Crippen LogP contribution in [0.1, 0.15) is 30.8 Å². The van der Waals surface area contributed by atoms with E-state index in [1.165, 1.54) is 0 Å². The minimum Gasteiger partial charge on any atom is -0.354 e. The Labute approximate surface area is 107 Å². The summed E-state index contributed by atoms with van der Waals surface area (Å²) in [6.45, 7) is 5.75. The van der Waals surface area contributed by atoms with Crippen molar-refractivity contribution in [3.8, 4) is 6.07 Å². The van der Waals surface area contributed by atoms with Gasteiger partial charge in [0.25, 0.3) is 5.91 Å². The highest BCUT2D eigenvalue weighted by atomic mass is 16.1. The summed E-state index contributed by atoms with van der Waals surface area (Å²) in [5, 5.41) is 19.1. The first-order valence-electron chi connectivity index (χ1n) is 5.96. The maximum atomic E-state index is 11.5. The van der Waals surface area contributed by atoms with Gasteiger partial charge in [-0.15, -0.1) is 10.2 Å². The van der Waals surface area contributed by atoms with Gasteiger partial charge in [-0.25, -0.2) is 0 Å². The lowest BCUT2D eigenvalue weighted by molar-refractivity contribution is 0.0950. The number of hydrogen-bond acceptors (Lipinski definition) is 5. The number of aromatic nitrogens is 2. The first kappa shape index (κ1) is 13.9. The van der Waals surface area contributed by atoms with Crippen LogP contribution in [0, 0.1) is 11.3 Å². The quantitative estimate of drug-likeness (QED) is 0.809. The van der Waals surface area contributed by atoms with Crippen LogP contribution in [0.5, 0.6) is 0 Å². The Hall–Kier alpha value is -2.16. The predicted octanol–water partition coefficient (Wildman–Crippen LogP) is 0.966. The highest BCUT2D eigenvalue weighted by molar-refractivity contribution is 5.92. The Kier molecular flexibility index (Phi) is 5.58. The number of carbonyl (C=O) groups excluding carboxylic acids is 1. The van der Waals surface area contributed by atoms with Gasteiger partial charge < -0.3 is 10.2 Å². The van der Waals surface area contributed by atoms with Crippen molar-refractivity contribution in [2.75, 3.05) is 24.5 Å². The normalized spacial score (nSPS) is 9.61. The SMILES string of the molecule is CCNC(=O)c1ccc(N(CC)CCC#N)nn1. The Morgan fingerprint density at radius 1 is 1.44 bits per heavy atom. The molecule has 0 saturated heterocycles. The number of rotatable bonds is 6. The summed E-state index contributed by atoms with van der Waals surface area (Å²) in [6.07, 6.45) is 0.438. The zero-order valence-electron chi connectivity index (χ0n) is 10.7. The van der Waals surface area contributed by atoms with Crippen LogP contribution < -0.4 is 10.2 Å². The molecule has 1 N–H and O–H groups in total. The van der Waals surface area contributed by atoms with Gasteiger partial charge in [0, 0.05) is 19.6 Å². The molecule has 0 atom stereocenters. The average Bonchev–Trinajstić information content (AvgIpc) is 2.40. The van der Waals surface area contributed by atoms with E-state index in [9.17, 15) is 4.79 Å². The third-order valence-corrected chi connectivity index (χ3v) is 2.42. The zero-order valence-corrected chi connectivity index (χ0v) is 10.7. The Balaban J connectivity index is 2.74. The number of nitrogens with zero attached hydrogens (tertiary/aromatic N) is 4. The third kappa shape index (κ3) is 3.70. The molecule has 6 heteroatoms. The summed E-state index contributed by atoms with van der Waals surface area (Å²) in [6, 6.07) is 5.48. The number of amides is 1. The molecule has 0 saturated carbocycles. The van der Waals surface area contributed by atoms with Gasteiger partial charge in [0.2, 0.25) is 0 Å². The van der Waals surface area contributed by atoms with Gasteiger partial charge >= 0.3 is 0 Å². The fourth-order valence-electron chi connectivity index (χ4n) is 1.49. The van der Waals surface area contributed by atoms with Gasteiger partial charge in [-0.3, -0.25) is 4.79 Å². The van der Waals surface area contributed by atoms with Gasteiger partial charge in [0.05, 0.1) is 12.5 Å². The van der Waals surface area contributed by atoms with Gasteiger partial charge in [0.15, 0.2) is 11.5 Å². The lowest BCUT2D eigenvalue weighted by atomic mass is 10.3. The molecule has 1 amide bonds. The van der Waals surface area contributed by atoms with Crippen LogP contribution in [0.25, 0.3) is 0 Å². The molecule has 0 aliphatic rings. The summed E-state index contributed by atoms with van der Waals surface area (Å²) >= 11 is 0. The van der Waals surface area contributed by atoms with E-state index in [0.717, 1.165) is 6.54 Å². The second-order valence-corrected chi connectivity index (χ2v) is 3.62. The van der Waals surface area contributed by atoms with Gasteiger partial charge in [-0.2, -0.15) is 5.26 Å². The molecule has 0 fully saturated rings. The van der Waals surface area contributed by atoms with Crippen LogP contribution in [0.4, 0.5) is 5.82 Å². The van der Waals surface area contributed by atoms with Crippen molar-refractivity contribution in [2.45, 2.75) is 20.3 Å². The van der Waals surface area contributed by atoms with E-state index in [1.807, 2.05) is 18.7 Å². The van der Waals surface area contributed by atoms with Crippen LogP contribution in [-0.4, -0.2) is 35.7 Å². The molecule has 0 bridgehead atoms. The smallest absolute Gasteiger partial charge is 0.271 e. The van der Waals surface area contributed by atoms with Gasteiger partial charge in [-0.1, -0.05) is 0 Å². The first-order chi connectivity index (χ1) is 8.72. The topological polar surface area (TPSA) is 81.9 Å². The maximum absolute atomic E-state index is 11.5. The van der Waals surface area contributed by atoms with Gasteiger partial charge in [0.1, 0.15) is 0 Å². The van der Waals surface area contributed by atoms with E-state index in [0.29, 0.717) is 31.0 Å². The van der Waals surface area contributed by atoms with E-state index >= 15 is 0 Å². The number of anilines is 1. The molecule has 6 nitrogen and oxygen atoms in total. The van der Waals surface area contributed by atoms with Crippen LogP contribution >= 0.6 is 0 Å². The largest absolute Gasteiger partial charge is 0.354 e. The Morgan fingerprint density at radius 3 is 2.72 bits per heavy atom. The van der Waals surface area contributed by atoms with Crippen molar-refractivity contribution in [2.24, 2.45) is 0 Å². The number of nitrogens with one attached hydrogen (secondary N) is 1. The van der Waals surface area contributed by atoms with Crippen LogP contribution in [0.3, 0.4) is 0 Å². The van der Waals surface area contributed by atoms with Crippen molar-refractivity contribution in [3.63, 3.8) is 0 Å². The Bertz CT molecular complexity index is 423. The summed E-state index contributed by atoms with van der Waals surface area (Å²) in [5.41, 5.74) is 0.303. The predicted molar refractivity (Wildman–Crippen MR) is 68.2 cm³/mol. The maximum Gasteiger partial charge on any atom is 0.271 e. The number of hydrogen-bond donors (Lipinski definition) is 1. The molecule has 1 heterocycles. The third-order valence-electron chi connectivity index (χ3n) is 2.42. The zero-order chi connectivity index (χ0) is 13.4. The second kappa shape index (κ2) is 7.22. The standard InChI is InChI=1S/C12H17N5O/c1-3-14-12(18)10-6-7-11(16-15-10)17(4-2)9-5-8-13/h6-7H,3-5,9H2,1-2H3,(H,14,18). The minimum absolute atomic E-state index is 0.225. The summed E-state index contributed by atoms with van der Waals surface area (Å²) < 4.78 is 0. The highest BCUT2D eigenvalue weighted by Gasteiger charge is 2.09. The van der Waals surface area contributed by atoms with Crippen molar-refractivity contribution in [1.82, 2.24) is 15.5 Å². The van der Waals surface area contributed by atoms with Crippen LogP contribution in [0.15, 0.2) is 12.1 Å². The van der Waals surface area contributed by atoms with Crippen LogP contribution in [-0.2, 0) is 0 Å². The molecule has 0 aromatic carbocycles. The van der Waals surface area contributed by atoms with E-state index in [1.54, 1.807) is 12.1 Å². The molecule has 1 aromatic rings. The summed E-state index contributed by atoms with van der Waals surface area (Å²) in [7, 11) is 0. The average molecular weight is 247 g/mol. The van der Waals surface area contributed by atoms with Crippen molar-refractivity contribution in [3.05, 3.63) is 17.8 Å². The molecule has 18 heavy (non-hydrogen) atoms. The van der Waals surface area contributed by atoms with E-state index in [-0.39, 0.29) is 5.91 Å². The minimum atomic E-state index is -0.225. The fraction of sp³-hybridized carbons (Fsp3) is 0.500. The number of carbonyl (C=O) groups is 1. The molecule has 1 aromatic heterocycles. The van der Waals surface area contributed by atoms with Crippen molar-refractivity contribution in [1.29, 1.82) is 5.26 Å². The molecule has 0 aliphatic carbocycles.